The molecule has 5 heteroatoms. The second-order valence-corrected chi connectivity index (χ2v) is 3.48. The van der Waals surface area contributed by atoms with Gasteiger partial charge in [-0.05, 0) is 13.8 Å². The molecule has 2 atom stereocenters. The molecule has 0 saturated heterocycles. The van der Waals surface area contributed by atoms with Crippen LogP contribution in [0.15, 0.2) is 0 Å². The lowest BCUT2D eigenvalue weighted by atomic mass is 9.92. The van der Waals surface area contributed by atoms with Gasteiger partial charge in [0.15, 0.2) is 6.29 Å². The maximum Gasteiger partial charge on any atom is 0.230 e. The van der Waals surface area contributed by atoms with Gasteiger partial charge in [-0.2, -0.15) is 0 Å². The van der Waals surface area contributed by atoms with E-state index in [9.17, 15) is 4.79 Å². The zero-order valence-corrected chi connectivity index (χ0v) is 9.16. The molecule has 0 aromatic rings. The molecular weight excluding hydrogens is 186 g/mol. The third-order valence-corrected chi connectivity index (χ3v) is 1.88. The highest BCUT2D eigenvalue weighted by Crippen LogP contribution is 2.17. The lowest BCUT2D eigenvalue weighted by Crippen LogP contribution is -2.44. The predicted molar refractivity (Wildman–Crippen MR) is 51.7 cm³/mol. The van der Waals surface area contributed by atoms with Crippen molar-refractivity contribution >= 4 is 5.91 Å². The van der Waals surface area contributed by atoms with E-state index in [1.54, 1.807) is 14.0 Å². The molecule has 0 rings (SSSR count). The largest absolute Gasteiger partial charge is 0.383 e. The molecule has 0 saturated carbocycles. The van der Waals surface area contributed by atoms with Crippen LogP contribution in [0.3, 0.4) is 0 Å². The van der Waals surface area contributed by atoms with Crippen LogP contribution in [0.4, 0.5) is 0 Å². The zero-order chi connectivity index (χ0) is 11.2. The number of amides is 1. The Labute approximate surface area is 84.4 Å². The minimum Gasteiger partial charge on any atom is -0.383 e. The van der Waals surface area contributed by atoms with Crippen LogP contribution in [0.25, 0.3) is 0 Å². The fourth-order valence-corrected chi connectivity index (χ4v) is 1.10. The van der Waals surface area contributed by atoms with Gasteiger partial charge >= 0.3 is 0 Å². The van der Waals surface area contributed by atoms with Crippen molar-refractivity contribution in [2.75, 3.05) is 27.4 Å². The van der Waals surface area contributed by atoms with Crippen LogP contribution in [0.5, 0.6) is 0 Å². The lowest BCUT2D eigenvalue weighted by molar-refractivity contribution is -0.150. The molecule has 2 N–H and O–H groups in total. The summed E-state index contributed by atoms with van der Waals surface area (Å²) < 4.78 is 9.94. The fraction of sp³-hybridized carbons (Fsp3) is 0.889. The van der Waals surface area contributed by atoms with Crippen molar-refractivity contribution in [1.29, 1.82) is 0 Å². The summed E-state index contributed by atoms with van der Waals surface area (Å²) in [4.78, 5) is 11.5. The van der Waals surface area contributed by atoms with Gasteiger partial charge < -0.3 is 19.9 Å². The molecule has 0 aromatic carbocycles. The van der Waals surface area contributed by atoms with Gasteiger partial charge in [0.25, 0.3) is 0 Å². The number of hydrogen-bond acceptors (Lipinski definition) is 4. The summed E-state index contributed by atoms with van der Waals surface area (Å²) in [5.74, 6) is -0.167. The normalized spacial score (nSPS) is 17.2. The van der Waals surface area contributed by atoms with Crippen LogP contribution in [0.1, 0.15) is 13.8 Å². The molecule has 0 aromatic heterocycles. The molecule has 84 valence electrons. The van der Waals surface area contributed by atoms with E-state index in [1.807, 2.05) is 0 Å². The van der Waals surface area contributed by atoms with Gasteiger partial charge in [-0.25, -0.2) is 0 Å². The van der Waals surface area contributed by atoms with E-state index in [-0.39, 0.29) is 19.1 Å². The number of rotatable bonds is 6. The van der Waals surface area contributed by atoms with Gasteiger partial charge in [0, 0.05) is 14.2 Å². The quantitative estimate of drug-likeness (QED) is 0.586. The lowest BCUT2D eigenvalue weighted by Gasteiger charge is -2.27. The summed E-state index contributed by atoms with van der Waals surface area (Å²) >= 11 is 0. The molecule has 5 nitrogen and oxygen atoms in total. The minimum absolute atomic E-state index is 0.123. The van der Waals surface area contributed by atoms with Crippen LogP contribution in [-0.4, -0.2) is 44.7 Å². The molecular formula is C9H19NO4. The summed E-state index contributed by atoms with van der Waals surface area (Å²) in [5.41, 5.74) is -0.763. The molecule has 0 fully saturated rings. The first kappa shape index (κ1) is 13.4. The number of hydrogen-bond donors (Lipinski definition) is 2. The van der Waals surface area contributed by atoms with Gasteiger partial charge in [0.05, 0.1) is 18.6 Å². The van der Waals surface area contributed by atoms with Gasteiger partial charge in [-0.15, -0.1) is 0 Å². The van der Waals surface area contributed by atoms with Crippen molar-refractivity contribution in [3.63, 3.8) is 0 Å². The van der Waals surface area contributed by atoms with Crippen molar-refractivity contribution in [1.82, 2.24) is 5.32 Å². The topological polar surface area (TPSA) is 67.8 Å². The number of ether oxygens (including phenoxy) is 2. The molecule has 0 spiro atoms. The molecule has 0 aliphatic carbocycles. The van der Waals surface area contributed by atoms with E-state index in [4.69, 9.17) is 14.6 Å². The highest BCUT2D eigenvalue weighted by molar-refractivity contribution is 5.82. The average molecular weight is 205 g/mol. The van der Waals surface area contributed by atoms with Gasteiger partial charge in [-0.3, -0.25) is 4.79 Å². The van der Waals surface area contributed by atoms with Crippen molar-refractivity contribution in [3.05, 3.63) is 0 Å². The van der Waals surface area contributed by atoms with E-state index >= 15 is 0 Å². The second kappa shape index (κ2) is 5.95. The Bertz CT molecular complexity index is 184. The summed E-state index contributed by atoms with van der Waals surface area (Å²) in [7, 11) is 3.07. The number of aliphatic hydroxyl groups excluding tert-OH is 1. The van der Waals surface area contributed by atoms with Crippen molar-refractivity contribution in [2.24, 2.45) is 5.41 Å². The predicted octanol–water partition coefficient (Wildman–Crippen LogP) is -0.260. The molecule has 1 amide bonds. The maximum absolute atomic E-state index is 11.5. The molecule has 0 radical (unpaired) electrons. The molecule has 0 aliphatic heterocycles. The van der Waals surface area contributed by atoms with E-state index in [1.165, 1.54) is 14.0 Å². The van der Waals surface area contributed by atoms with Crippen LogP contribution in [-0.2, 0) is 14.3 Å². The summed E-state index contributed by atoms with van der Waals surface area (Å²) in [6, 6.07) is 0. The Morgan fingerprint density at radius 3 is 2.50 bits per heavy atom. The maximum atomic E-state index is 11.5. The third kappa shape index (κ3) is 4.04. The molecule has 2 unspecified atom stereocenters. The second-order valence-electron chi connectivity index (χ2n) is 3.48. The Morgan fingerprint density at radius 1 is 1.57 bits per heavy atom. The van der Waals surface area contributed by atoms with Crippen molar-refractivity contribution in [2.45, 2.75) is 20.1 Å². The number of nitrogens with one attached hydrogen (secondary N) is 1. The van der Waals surface area contributed by atoms with Gasteiger partial charge in [0.2, 0.25) is 5.91 Å². The SMILES string of the molecule is CNC(=O)C(C)(COC)COC(C)O. The Balaban J connectivity index is 4.30. The number of carbonyl (C=O) groups excluding carboxylic acids is 1. The number of carbonyl (C=O) groups is 1. The zero-order valence-electron chi connectivity index (χ0n) is 9.16. The van der Waals surface area contributed by atoms with Crippen LogP contribution >= 0.6 is 0 Å². The Hall–Kier alpha value is -0.650. The van der Waals surface area contributed by atoms with Gasteiger partial charge in [0.1, 0.15) is 0 Å². The first-order chi connectivity index (χ1) is 6.46. The Morgan fingerprint density at radius 2 is 2.14 bits per heavy atom. The number of methoxy groups -OCH3 is 1. The first-order valence-electron chi connectivity index (χ1n) is 4.47. The van der Waals surface area contributed by atoms with Crippen molar-refractivity contribution in [3.8, 4) is 0 Å². The van der Waals surface area contributed by atoms with Crippen LogP contribution < -0.4 is 5.32 Å². The van der Waals surface area contributed by atoms with Crippen LogP contribution in [0.2, 0.25) is 0 Å². The first-order valence-corrected chi connectivity index (χ1v) is 4.47. The summed E-state index contributed by atoms with van der Waals surface area (Å²) in [6.07, 6.45) is -0.879. The third-order valence-electron chi connectivity index (χ3n) is 1.88. The molecule has 14 heavy (non-hydrogen) atoms. The summed E-state index contributed by atoms with van der Waals surface area (Å²) in [6.45, 7) is 3.59. The molecule has 0 heterocycles. The molecule has 0 bridgehead atoms. The minimum atomic E-state index is -0.879. The standard InChI is InChI=1S/C9H19NO4/c1-7(11)14-6-9(2,5-13-4)8(12)10-3/h7,11H,5-6H2,1-4H3,(H,10,12). The highest BCUT2D eigenvalue weighted by atomic mass is 16.6. The van der Waals surface area contributed by atoms with Gasteiger partial charge in [-0.1, -0.05) is 0 Å². The monoisotopic (exact) mass is 205 g/mol. The smallest absolute Gasteiger partial charge is 0.230 e. The van der Waals surface area contributed by atoms with E-state index in [2.05, 4.69) is 5.32 Å². The van der Waals surface area contributed by atoms with Crippen LogP contribution in [0, 0.1) is 5.41 Å². The highest BCUT2D eigenvalue weighted by Gasteiger charge is 2.33. The number of aliphatic hydroxyl groups is 1. The Kier molecular flexibility index (Phi) is 5.68. The summed E-state index contributed by atoms with van der Waals surface area (Å²) in [5, 5.41) is 11.5. The van der Waals surface area contributed by atoms with E-state index in [0.29, 0.717) is 0 Å². The van der Waals surface area contributed by atoms with E-state index in [0.717, 1.165) is 0 Å². The fourth-order valence-electron chi connectivity index (χ4n) is 1.10. The molecule has 0 aliphatic rings. The van der Waals surface area contributed by atoms with Crippen molar-refractivity contribution < 1.29 is 19.4 Å². The average Bonchev–Trinajstić information content (AvgIpc) is 2.14. The van der Waals surface area contributed by atoms with E-state index < -0.39 is 11.7 Å².